The van der Waals surface area contributed by atoms with E-state index in [-0.39, 0.29) is 11.8 Å². The first-order chi connectivity index (χ1) is 14.7. The summed E-state index contributed by atoms with van der Waals surface area (Å²) < 4.78 is 0. The molecule has 0 radical (unpaired) electrons. The van der Waals surface area contributed by atoms with Crippen LogP contribution in [0.5, 0.6) is 0 Å². The lowest BCUT2D eigenvalue weighted by atomic mass is 9.92. The first-order valence-corrected chi connectivity index (χ1v) is 10.7. The fourth-order valence-electron chi connectivity index (χ4n) is 3.97. The number of rotatable bonds is 3. The number of hydrogen-bond acceptors (Lipinski definition) is 2. The number of fused-ring (bicyclic) bond motifs is 1. The lowest BCUT2D eigenvalue weighted by molar-refractivity contribution is -0.123. The zero-order valence-electron chi connectivity index (χ0n) is 17.5. The van der Waals surface area contributed by atoms with Gasteiger partial charge < -0.3 is 4.90 Å². The highest BCUT2D eigenvalue weighted by molar-refractivity contribution is 6.42. The quantitative estimate of drug-likeness (QED) is 0.469. The van der Waals surface area contributed by atoms with E-state index in [2.05, 4.69) is 0 Å². The Kier molecular flexibility index (Phi) is 5.54. The number of benzene rings is 3. The minimum absolute atomic E-state index is 0.168. The SMILES string of the molecule is Cc1cccc(C(=O)N2c3ccccc3N(Cc3ccc(Cl)c(Cl)c3)C(=O)C2(C)C)c1. The van der Waals surface area contributed by atoms with E-state index in [1.165, 1.54) is 0 Å². The molecule has 0 N–H and O–H groups in total. The molecule has 0 saturated heterocycles. The number of nitrogens with zero attached hydrogens (tertiary/aromatic N) is 2. The lowest BCUT2D eigenvalue weighted by Gasteiger charge is -2.46. The molecule has 1 aliphatic rings. The van der Waals surface area contributed by atoms with Crippen LogP contribution in [0.2, 0.25) is 10.0 Å². The summed E-state index contributed by atoms with van der Waals surface area (Å²) in [6.45, 7) is 5.82. The van der Waals surface area contributed by atoms with Crippen molar-refractivity contribution in [2.24, 2.45) is 0 Å². The summed E-state index contributed by atoms with van der Waals surface area (Å²) in [5.41, 5.74) is 2.69. The van der Waals surface area contributed by atoms with Crippen molar-refractivity contribution in [1.29, 1.82) is 0 Å². The van der Waals surface area contributed by atoms with Crippen LogP contribution in [0, 0.1) is 6.92 Å². The average Bonchev–Trinajstić information content (AvgIpc) is 2.74. The number of amides is 2. The molecule has 3 aromatic rings. The minimum Gasteiger partial charge on any atom is -0.304 e. The summed E-state index contributed by atoms with van der Waals surface area (Å²) in [5.74, 6) is -0.373. The van der Waals surface area contributed by atoms with Crippen molar-refractivity contribution in [2.45, 2.75) is 32.9 Å². The normalized spacial score (nSPS) is 15.1. The van der Waals surface area contributed by atoms with E-state index >= 15 is 0 Å². The lowest BCUT2D eigenvalue weighted by Crippen LogP contribution is -2.62. The van der Waals surface area contributed by atoms with Crippen molar-refractivity contribution in [3.05, 3.63) is 93.5 Å². The van der Waals surface area contributed by atoms with Crippen LogP contribution in [-0.4, -0.2) is 17.4 Å². The molecule has 6 heteroatoms. The molecule has 4 nitrogen and oxygen atoms in total. The van der Waals surface area contributed by atoms with Crippen LogP contribution in [-0.2, 0) is 11.3 Å². The van der Waals surface area contributed by atoms with E-state index in [0.29, 0.717) is 33.5 Å². The molecule has 158 valence electrons. The minimum atomic E-state index is -1.08. The molecule has 0 aliphatic carbocycles. The third-order valence-electron chi connectivity index (χ3n) is 5.53. The van der Waals surface area contributed by atoms with Gasteiger partial charge in [0.25, 0.3) is 11.8 Å². The molecule has 0 aromatic heterocycles. The van der Waals surface area contributed by atoms with Crippen molar-refractivity contribution in [2.75, 3.05) is 9.80 Å². The largest absolute Gasteiger partial charge is 0.304 e. The molecule has 0 fully saturated rings. The fourth-order valence-corrected chi connectivity index (χ4v) is 4.29. The second kappa shape index (κ2) is 8.03. The van der Waals surface area contributed by atoms with Crippen LogP contribution in [0.1, 0.15) is 35.3 Å². The van der Waals surface area contributed by atoms with Crippen LogP contribution < -0.4 is 9.80 Å². The molecular weight excluding hydrogens is 431 g/mol. The number of hydrogen-bond donors (Lipinski definition) is 0. The van der Waals surface area contributed by atoms with Gasteiger partial charge in [-0.25, -0.2) is 0 Å². The number of para-hydroxylation sites is 2. The van der Waals surface area contributed by atoms with Gasteiger partial charge in [-0.2, -0.15) is 0 Å². The Bertz CT molecular complexity index is 1190. The Morgan fingerprint density at radius 2 is 1.61 bits per heavy atom. The van der Waals surface area contributed by atoms with Crippen LogP contribution in [0.15, 0.2) is 66.7 Å². The van der Waals surface area contributed by atoms with Gasteiger partial charge in [0.1, 0.15) is 5.54 Å². The molecular formula is C25H22Cl2N2O2. The molecule has 1 heterocycles. The highest BCUT2D eigenvalue weighted by Crippen LogP contribution is 2.42. The molecule has 0 spiro atoms. The monoisotopic (exact) mass is 452 g/mol. The van der Waals surface area contributed by atoms with Gasteiger partial charge in [0, 0.05) is 5.56 Å². The fraction of sp³-hybridized carbons (Fsp3) is 0.200. The van der Waals surface area contributed by atoms with Crippen LogP contribution >= 0.6 is 23.2 Å². The van der Waals surface area contributed by atoms with Gasteiger partial charge in [0.05, 0.1) is 28.0 Å². The van der Waals surface area contributed by atoms with Crippen LogP contribution in [0.3, 0.4) is 0 Å². The maximum Gasteiger partial charge on any atom is 0.259 e. The van der Waals surface area contributed by atoms with Crippen molar-refractivity contribution in [3.63, 3.8) is 0 Å². The Hall–Kier alpha value is -2.82. The second-order valence-corrected chi connectivity index (χ2v) is 9.01. The number of carbonyl (C=O) groups is 2. The van der Waals surface area contributed by atoms with E-state index in [9.17, 15) is 9.59 Å². The van der Waals surface area contributed by atoms with E-state index < -0.39 is 5.54 Å². The van der Waals surface area contributed by atoms with Crippen molar-refractivity contribution in [3.8, 4) is 0 Å². The summed E-state index contributed by atoms with van der Waals surface area (Å²) >= 11 is 12.2. The van der Waals surface area contributed by atoms with E-state index in [4.69, 9.17) is 23.2 Å². The molecule has 0 bridgehead atoms. The van der Waals surface area contributed by atoms with Crippen molar-refractivity contribution >= 4 is 46.4 Å². The standard InChI is InChI=1S/C25H22Cl2N2O2/c1-16-7-6-8-18(13-16)23(30)29-22-10-5-4-9-21(22)28(24(31)25(29,2)3)15-17-11-12-19(26)20(27)14-17/h4-14H,15H2,1-3H3. The van der Waals surface area contributed by atoms with Crippen LogP contribution in [0.4, 0.5) is 11.4 Å². The highest BCUT2D eigenvalue weighted by atomic mass is 35.5. The number of carbonyl (C=O) groups excluding carboxylic acids is 2. The Labute approximate surface area is 192 Å². The highest BCUT2D eigenvalue weighted by Gasteiger charge is 2.47. The summed E-state index contributed by atoms with van der Waals surface area (Å²) in [5, 5.41) is 0.901. The summed E-state index contributed by atoms with van der Waals surface area (Å²) in [6.07, 6.45) is 0. The first kappa shape index (κ1) is 21.4. The predicted molar refractivity (Wildman–Crippen MR) is 126 cm³/mol. The first-order valence-electron chi connectivity index (χ1n) is 9.96. The summed E-state index contributed by atoms with van der Waals surface area (Å²) in [7, 11) is 0. The van der Waals surface area contributed by atoms with Gasteiger partial charge in [-0.3, -0.25) is 14.5 Å². The van der Waals surface area contributed by atoms with Gasteiger partial charge in [-0.1, -0.05) is 59.1 Å². The topological polar surface area (TPSA) is 40.6 Å². The Balaban J connectivity index is 1.80. The molecule has 3 aromatic carbocycles. The zero-order valence-corrected chi connectivity index (χ0v) is 19.0. The molecule has 31 heavy (non-hydrogen) atoms. The molecule has 0 saturated carbocycles. The smallest absolute Gasteiger partial charge is 0.259 e. The van der Waals surface area contributed by atoms with Crippen molar-refractivity contribution in [1.82, 2.24) is 0 Å². The van der Waals surface area contributed by atoms with Gasteiger partial charge >= 0.3 is 0 Å². The second-order valence-electron chi connectivity index (χ2n) is 8.20. The summed E-state index contributed by atoms with van der Waals surface area (Å²) in [4.78, 5) is 30.5. The van der Waals surface area contributed by atoms with Gasteiger partial charge in [0.2, 0.25) is 0 Å². The molecule has 2 amide bonds. The third-order valence-corrected chi connectivity index (χ3v) is 6.27. The van der Waals surface area contributed by atoms with Crippen LogP contribution in [0.25, 0.3) is 0 Å². The van der Waals surface area contributed by atoms with Crippen molar-refractivity contribution < 1.29 is 9.59 Å². The number of aryl methyl sites for hydroxylation is 1. The molecule has 0 unspecified atom stereocenters. The van der Waals surface area contributed by atoms with E-state index in [0.717, 1.165) is 11.1 Å². The Morgan fingerprint density at radius 3 is 2.29 bits per heavy atom. The summed E-state index contributed by atoms with van der Waals surface area (Å²) in [6, 6.07) is 20.2. The molecule has 0 atom stereocenters. The van der Waals surface area contributed by atoms with Gasteiger partial charge in [-0.05, 0) is 62.7 Å². The van der Waals surface area contributed by atoms with Gasteiger partial charge in [-0.15, -0.1) is 0 Å². The van der Waals surface area contributed by atoms with E-state index in [1.54, 1.807) is 41.8 Å². The Morgan fingerprint density at radius 1 is 0.903 bits per heavy atom. The number of halogens is 2. The maximum absolute atomic E-state index is 13.7. The maximum atomic E-state index is 13.7. The zero-order chi connectivity index (χ0) is 22.3. The van der Waals surface area contributed by atoms with Gasteiger partial charge in [0.15, 0.2) is 0 Å². The third kappa shape index (κ3) is 3.82. The average molecular weight is 453 g/mol. The molecule has 4 rings (SSSR count). The van der Waals surface area contributed by atoms with E-state index in [1.807, 2.05) is 55.5 Å². The predicted octanol–water partition coefficient (Wildman–Crippen LogP) is 6.27. The number of anilines is 2. The molecule has 1 aliphatic heterocycles.